The molecule has 2 aromatic rings. The van der Waals surface area contributed by atoms with Gasteiger partial charge in [0.2, 0.25) is 0 Å². The SMILES string of the molecule is Cc1nc2sc(C(=O)NC(C)CCCC(C)C)c(C)c2c(=O)[nH]1. The molecular formula is C17H25N3O2S. The first-order chi connectivity index (χ1) is 10.8. The molecule has 2 aromatic heterocycles. The van der Waals surface area contributed by atoms with Crippen LogP contribution in [0.1, 0.15) is 61.1 Å². The van der Waals surface area contributed by atoms with Crippen LogP contribution in [0.3, 0.4) is 0 Å². The number of hydrogen-bond acceptors (Lipinski definition) is 4. The van der Waals surface area contributed by atoms with E-state index < -0.39 is 0 Å². The number of fused-ring (bicyclic) bond motifs is 1. The second-order valence-corrected chi connectivity index (χ2v) is 7.59. The average Bonchev–Trinajstić information content (AvgIpc) is 2.75. The summed E-state index contributed by atoms with van der Waals surface area (Å²) in [6.07, 6.45) is 3.23. The van der Waals surface area contributed by atoms with Gasteiger partial charge in [0, 0.05) is 6.04 Å². The van der Waals surface area contributed by atoms with Crippen molar-refractivity contribution in [3.63, 3.8) is 0 Å². The number of H-pyrrole nitrogens is 1. The van der Waals surface area contributed by atoms with E-state index in [2.05, 4.69) is 29.1 Å². The molecule has 0 radical (unpaired) electrons. The monoisotopic (exact) mass is 335 g/mol. The zero-order valence-corrected chi connectivity index (χ0v) is 15.3. The first-order valence-electron chi connectivity index (χ1n) is 8.10. The number of rotatable bonds is 6. The number of thiophene rings is 1. The number of aromatic nitrogens is 2. The second kappa shape index (κ2) is 7.25. The molecule has 2 heterocycles. The van der Waals surface area contributed by atoms with Crippen LogP contribution in [0.5, 0.6) is 0 Å². The summed E-state index contributed by atoms with van der Waals surface area (Å²) in [5, 5.41) is 3.56. The smallest absolute Gasteiger partial charge is 0.261 e. The Bertz CT molecular complexity index is 761. The number of carbonyl (C=O) groups is 1. The Hall–Kier alpha value is -1.69. The lowest BCUT2D eigenvalue weighted by molar-refractivity contribution is 0.0941. The van der Waals surface area contributed by atoms with Crippen LogP contribution < -0.4 is 10.9 Å². The molecule has 0 saturated carbocycles. The van der Waals surface area contributed by atoms with Crippen LogP contribution in [0.2, 0.25) is 0 Å². The van der Waals surface area contributed by atoms with Crippen molar-refractivity contribution >= 4 is 27.5 Å². The molecule has 1 unspecified atom stereocenters. The Morgan fingerprint density at radius 1 is 1.26 bits per heavy atom. The van der Waals surface area contributed by atoms with E-state index in [0.29, 0.717) is 32.4 Å². The standard InChI is InChI=1S/C17H25N3O2S/c1-9(2)7-6-8-10(3)18-16(22)14-11(4)13-15(21)19-12(5)20-17(13)23-14/h9-10H,6-8H2,1-5H3,(H,18,22)(H,19,20,21). The Kier molecular flexibility index (Phi) is 5.57. The second-order valence-electron chi connectivity index (χ2n) is 6.59. The van der Waals surface area contributed by atoms with E-state index in [1.54, 1.807) is 6.92 Å². The van der Waals surface area contributed by atoms with E-state index in [1.165, 1.54) is 17.8 Å². The van der Waals surface area contributed by atoms with Gasteiger partial charge in [-0.1, -0.05) is 26.7 Å². The molecule has 2 N–H and O–H groups in total. The minimum absolute atomic E-state index is 0.111. The quantitative estimate of drug-likeness (QED) is 0.848. The van der Waals surface area contributed by atoms with E-state index in [-0.39, 0.29) is 17.5 Å². The summed E-state index contributed by atoms with van der Waals surface area (Å²) >= 11 is 1.29. The summed E-state index contributed by atoms with van der Waals surface area (Å²) in [7, 11) is 0. The van der Waals surface area contributed by atoms with E-state index in [4.69, 9.17) is 0 Å². The van der Waals surface area contributed by atoms with Crippen LogP contribution in [-0.2, 0) is 0 Å². The van der Waals surface area contributed by atoms with Crippen molar-refractivity contribution in [2.45, 2.75) is 59.9 Å². The fraction of sp³-hybridized carbons (Fsp3) is 0.588. The maximum absolute atomic E-state index is 12.5. The molecule has 0 aromatic carbocycles. The van der Waals surface area contributed by atoms with Gasteiger partial charge < -0.3 is 10.3 Å². The van der Waals surface area contributed by atoms with Crippen LogP contribution in [0.15, 0.2) is 4.79 Å². The number of carbonyl (C=O) groups excluding carboxylic acids is 1. The highest BCUT2D eigenvalue weighted by Crippen LogP contribution is 2.27. The van der Waals surface area contributed by atoms with Gasteiger partial charge in [-0.25, -0.2) is 4.98 Å². The number of hydrogen-bond donors (Lipinski definition) is 2. The van der Waals surface area contributed by atoms with Gasteiger partial charge in [-0.15, -0.1) is 11.3 Å². The lowest BCUT2D eigenvalue weighted by Gasteiger charge is -2.14. The van der Waals surface area contributed by atoms with Gasteiger partial charge in [0.25, 0.3) is 11.5 Å². The zero-order valence-electron chi connectivity index (χ0n) is 14.4. The lowest BCUT2D eigenvalue weighted by atomic mass is 10.0. The fourth-order valence-corrected chi connectivity index (χ4v) is 3.79. The minimum atomic E-state index is -0.176. The summed E-state index contributed by atoms with van der Waals surface area (Å²) in [6.45, 7) is 9.98. The molecule has 0 saturated heterocycles. The topological polar surface area (TPSA) is 74.8 Å². The van der Waals surface area contributed by atoms with E-state index >= 15 is 0 Å². The van der Waals surface area contributed by atoms with Crippen molar-refractivity contribution in [1.29, 1.82) is 0 Å². The number of nitrogens with zero attached hydrogens (tertiary/aromatic N) is 1. The fourth-order valence-electron chi connectivity index (χ4n) is 2.66. The Labute approximate surface area is 140 Å². The maximum atomic E-state index is 12.5. The Balaban J connectivity index is 2.14. The first-order valence-corrected chi connectivity index (χ1v) is 8.92. The number of nitrogens with one attached hydrogen (secondary N) is 2. The molecular weight excluding hydrogens is 310 g/mol. The van der Waals surface area contributed by atoms with Crippen LogP contribution in [0.4, 0.5) is 0 Å². The molecule has 0 aliphatic carbocycles. The van der Waals surface area contributed by atoms with Gasteiger partial charge in [-0.3, -0.25) is 9.59 Å². The molecule has 0 spiro atoms. The van der Waals surface area contributed by atoms with Crippen molar-refractivity contribution in [1.82, 2.24) is 15.3 Å². The van der Waals surface area contributed by atoms with E-state index in [0.717, 1.165) is 12.8 Å². The van der Waals surface area contributed by atoms with Crippen LogP contribution in [0.25, 0.3) is 10.2 Å². The summed E-state index contributed by atoms with van der Waals surface area (Å²) in [6, 6.07) is 0.124. The summed E-state index contributed by atoms with van der Waals surface area (Å²) in [5.41, 5.74) is 0.538. The molecule has 126 valence electrons. The summed E-state index contributed by atoms with van der Waals surface area (Å²) in [5.74, 6) is 1.14. The molecule has 0 aliphatic rings. The van der Waals surface area contributed by atoms with Gasteiger partial charge in [-0.2, -0.15) is 0 Å². The molecule has 0 bridgehead atoms. The number of aromatic amines is 1. The molecule has 2 rings (SSSR count). The number of amides is 1. The molecule has 23 heavy (non-hydrogen) atoms. The highest BCUT2D eigenvalue weighted by atomic mass is 32.1. The third-order valence-corrected chi connectivity index (χ3v) is 5.11. The predicted octanol–water partition coefficient (Wildman–Crippen LogP) is 3.55. The van der Waals surface area contributed by atoms with Gasteiger partial charge in [0.1, 0.15) is 10.7 Å². The van der Waals surface area contributed by atoms with Gasteiger partial charge in [0.05, 0.1) is 10.3 Å². The molecule has 0 aliphatic heterocycles. The van der Waals surface area contributed by atoms with Crippen molar-refractivity contribution < 1.29 is 4.79 Å². The third kappa shape index (κ3) is 4.19. The predicted molar refractivity (Wildman–Crippen MR) is 95.3 cm³/mol. The molecule has 1 amide bonds. The summed E-state index contributed by atoms with van der Waals surface area (Å²) in [4.78, 5) is 32.8. The van der Waals surface area contributed by atoms with Crippen LogP contribution >= 0.6 is 11.3 Å². The molecule has 1 atom stereocenters. The average molecular weight is 335 g/mol. The van der Waals surface area contributed by atoms with Crippen LogP contribution in [0, 0.1) is 19.8 Å². The van der Waals surface area contributed by atoms with E-state index in [1.807, 2.05) is 13.8 Å². The van der Waals surface area contributed by atoms with Gasteiger partial charge in [0.15, 0.2) is 0 Å². The molecule has 0 fully saturated rings. The minimum Gasteiger partial charge on any atom is -0.349 e. The van der Waals surface area contributed by atoms with Crippen molar-refractivity contribution in [3.8, 4) is 0 Å². The Morgan fingerprint density at radius 2 is 1.96 bits per heavy atom. The van der Waals surface area contributed by atoms with Crippen molar-refractivity contribution in [3.05, 3.63) is 26.6 Å². The van der Waals surface area contributed by atoms with Crippen molar-refractivity contribution in [2.24, 2.45) is 5.92 Å². The van der Waals surface area contributed by atoms with Crippen LogP contribution in [-0.4, -0.2) is 21.9 Å². The number of aryl methyl sites for hydroxylation is 2. The van der Waals surface area contributed by atoms with Crippen molar-refractivity contribution in [2.75, 3.05) is 0 Å². The highest BCUT2D eigenvalue weighted by Gasteiger charge is 2.20. The van der Waals surface area contributed by atoms with E-state index in [9.17, 15) is 9.59 Å². The zero-order chi connectivity index (χ0) is 17.1. The normalized spacial score (nSPS) is 12.8. The summed E-state index contributed by atoms with van der Waals surface area (Å²) < 4.78 is 0. The first kappa shape index (κ1) is 17.7. The van der Waals surface area contributed by atoms with Gasteiger partial charge in [-0.05, 0) is 38.7 Å². The molecule has 5 nitrogen and oxygen atoms in total. The molecule has 6 heteroatoms. The van der Waals surface area contributed by atoms with Gasteiger partial charge >= 0.3 is 0 Å². The largest absolute Gasteiger partial charge is 0.349 e. The highest BCUT2D eigenvalue weighted by molar-refractivity contribution is 7.20. The lowest BCUT2D eigenvalue weighted by Crippen LogP contribution is -2.32. The Morgan fingerprint density at radius 3 is 2.61 bits per heavy atom. The third-order valence-electron chi connectivity index (χ3n) is 3.92. The maximum Gasteiger partial charge on any atom is 0.261 e.